The van der Waals surface area contributed by atoms with Gasteiger partial charge in [-0.3, -0.25) is 14.9 Å². The largest absolute Gasteiger partial charge is 0.495 e. The number of carbonyl (C=O) groups excluding carboxylic acids is 1. The van der Waals surface area contributed by atoms with Gasteiger partial charge in [-0.1, -0.05) is 0 Å². The Morgan fingerprint density at radius 1 is 1.42 bits per heavy atom. The summed E-state index contributed by atoms with van der Waals surface area (Å²) >= 11 is 0. The molecule has 24 heavy (non-hydrogen) atoms. The number of rotatable bonds is 5. The molecule has 1 saturated heterocycles. The van der Waals surface area contributed by atoms with Crippen LogP contribution in [0.25, 0.3) is 0 Å². The first kappa shape index (κ1) is 18.2. The number of hydrogen-bond acceptors (Lipinski definition) is 5. The van der Waals surface area contributed by atoms with E-state index in [0.29, 0.717) is 11.4 Å². The standard InChI is InChI=1S/C16H23N3O5/c1-10-8-18(9-11(2)24-10)12(3)16(20)17-14-7-13(19(21)22)5-6-15(14)23-4/h5-7,10-12H,8-9H2,1-4H3,(H,17,20)/p+1/t10-,11-,12+/m1/s1. The number of hydrogen-bond donors (Lipinski definition) is 2. The first-order chi connectivity index (χ1) is 11.3. The SMILES string of the molecule is COc1ccc([N+](=O)[O-])cc1NC(=O)[C@H](C)[NH+]1C[C@@H](C)O[C@H](C)C1. The number of quaternary nitrogens is 1. The summed E-state index contributed by atoms with van der Waals surface area (Å²) in [5.74, 6) is 0.185. The molecule has 132 valence electrons. The van der Waals surface area contributed by atoms with Crippen LogP contribution in [0.5, 0.6) is 5.75 Å². The molecule has 2 N–H and O–H groups in total. The molecule has 3 atom stereocenters. The lowest BCUT2D eigenvalue weighted by molar-refractivity contribution is -0.928. The van der Waals surface area contributed by atoms with Gasteiger partial charge in [0.25, 0.3) is 11.6 Å². The number of nitrogens with one attached hydrogen (secondary N) is 2. The summed E-state index contributed by atoms with van der Waals surface area (Å²) in [6, 6.07) is 3.82. The minimum Gasteiger partial charge on any atom is -0.495 e. The van der Waals surface area contributed by atoms with Gasteiger partial charge in [-0.25, -0.2) is 0 Å². The Morgan fingerprint density at radius 2 is 2.04 bits per heavy atom. The predicted octanol–water partition coefficient (Wildman–Crippen LogP) is 0.623. The van der Waals surface area contributed by atoms with Crippen molar-refractivity contribution in [3.63, 3.8) is 0 Å². The number of non-ortho nitro benzene ring substituents is 1. The van der Waals surface area contributed by atoms with E-state index in [9.17, 15) is 14.9 Å². The van der Waals surface area contributed by atoms with E-state index in [-0.39, 0.29) is 29.8 Å². The molecule has 1 fully saturated rings. The van der Waals surface area contributed by atoms with Crippen LogP contribution in [-0.2, 0) is 9.53 Å². The summed E-state index contributed by atoms with van der Waals surface area (Å²) in [6.07, 6.45) is 0.178. The van der Waals surface area contributed by atoms with E-state index in [1.54, 1.807) is 0 Å². The topological polar surface area (TPSA) is 95.1 Å². The minimum absolute atomic E-state index is 0.0892. The third-order valence-electron chi connectivity index (χ3n) is 4.22. The molecule has 0 spiro atoms. The van der Waals surface area contributed by atoms with Crippen LogP contribution >= 0.6 is 0 Å². The van der Waals surface area contributed by atoms with Gasteiger partial charge < -0.3 is 19.7 Å². The van der Waals surface area contributed by atoms with Crippen molar-refractivity contribution in [1.82, 2.24) is 0 Å². The van der Waals surface area contributed by atoms with Gasteiger partial charge in [0.2, 0.25) is 0 Å². The molecule has 2 rings (SSSR count). The zero-order chi connectivity index (χ0) is 17.9. The number of amides is 1. The lowest BCUT2D eigenvalue weighted by Gasteiger charge is -2.35. The number of morpholine rings is 1. The molecule has 8 heteroatoms. The highest BCUT2D eigenvalue weighted by Crippen LogP contribution is 2.28. The molecule has 0 aliphatic carbocycles. The molecule has 8 nitrogen and oxygen atoms in total. The van der Waals surface area contributed by atoms with Gasteiger partial charge in [-0.05, 0) is 26.8 Å². The van der Waals surface area contributed by atoms with E-state index >= 15 is 0 Å². The van der Waals surface area contributed by atoms with Crippen molar-refractivity contribution >= 4 is 17.3 Å². The van der Waals surface area contributed by atoms with E-state index in [1.165, 1.54) is 25.3 Å². The fraction of sp³-hybridized carbons (Fsp3) is 0.562. The highest BCUT2D eigenvalue weighted by atomic mass is 16.6. The maximum absolute atomic E-state index is 12.6. The van der Waals surface area contributed by atoms with Gasteiger partial charge in [-0.15, -0.1) is 0 Å². The van der Waals surface area contributed by atoms with Crippen LogP contribution in [0.1, 0.15) is 20.8 Å². The monoisotopic (exact) mass is 338 g/mol. The number of nitro benzene ring substituents is 1. The van der Waals surface area contributed by atoms with Crippen LogP contribution in [0.3, 0.4) is 0 Å². The lowest BCUT2D eigenvalue weighted by Crippen LogP contribution is -3.19. The number of nitrogens with zero attached hydrogens (tertiary/aromatic N) is 1. The van der Waals surface area contributed by atoms with Crippen LogP contribution < -0.4 is 15.0 Å². The second-order valence-electron chi connectivity index (χ2n) is 6.18. The molecule has 0 saturated carbocycles. The lowest BCUT2D eigenvalue weighted by atomic mass is 10.1. The highest BCUT2D eigenvalue weighted by Gasteiger charge is 2.33. The maximum atomic E-state index is 12.6. The molecule has 1 aromatic rings. The molecule has 0 aromatic heterocycles. The summed E-state index contributed by atoms with van der Waals surface area (Å²) in [7, 11) is 1.46. The van der Waals surface area contributed by atoms with Crippen molar-refractivity contribution in [3.8, 4) is 5.75 Å². The second kappa shape index (κ2) is 7.59. The number of methoxy groups -OCH3 is 1. The van der Waals surface area contributed by atoms with E-state index in [2.05, 4.69) is 5.32 Å². The minimum atomic E-state index is -0.505. The zero-order valence-corrected chi connectivity index (χ0v) is 14.4. The van der Waals surface area contributed by atoms with Crippen molar-refractivity contribution in [2.24, 2.45) is 0 Å². The summed E-state index contributed by atoms with van der Waals surface area (Å²) in [5, 5.41) is 13.7. The normalized spacial score (nSPS) is 24.9. The Balaban J connectivity index is 2.13. The van der Waals surface area contributed by atoms with Gasteiger partial charge in [0.1, 0.15) is 31.0 Å². The molecule has 1 aliphatic rings. The van der Waals surface area contributed by atoms with Crippen molar-refractivity contribution < 1.29 is 24.1 Å². The average molecular weight is 338 g/mol. The van der Waals surface area contributed by atoms with E-state index < -0.39 is 4.92 Å². The van der Waals surface area contributed by atoms with Crippen molar-refractivity contribution in [3.05, 3.63) is 28.3 Å². The third-order valence-corrected chi connectivity index (χ3v) is 4.22. The zero-order valence-electron chi connectivity index (χ0n) is 14.4. The molecule has 0 bridgehead atoms. The Labute approximate surface area is 140 Å². The van der Waals surface area contributed by atoms with E-state index in [0.717, 1.165) is 18.0 Å². The molecule has 0 radical (unpaired) electrons. The molecule has 1 aliphatic heterocycles. The van der Waals surface area contributed by atoms with E-state index in [1.807, 2.05) is 20.8 Å². The number of nitro groups is 1. The molecular weight excluding hydrogens is 314 g/mol. The quantitative estimate of drug-likeness (QED) is 0.606. The second-order valence-corrected chi connectivity index (χ2v) is 6.18. The number of ether oxygens (including phenoxy) is 2. The molecule has 1 aromatic carbocycles. The number of anilines is 1. The van der Waals surface area contributed by atoms with Gasteiger partial charge in [0.05, 0.1) is 17.7 Å². The van der Waals surface area contributed by atoms with Crippen LogP contribution in [0, 0.1) is 10.1 Å². The van der Waals surface area contributed by atoms with Gasteiger partial charge in [0, 0.05) is 12.1 Å². The van der Waals surface area contributed by atoms with Gasteiger partial charge in [-0.2, -0.15) is 0 Å². The molecule has 1 heterocycles. The Hall–Kier alpha value is -2.19. The summed E-state index contributed by atoms with van der Waals surface area (Å²) in [4.78, 5) is 24.1. The fourth-order valence-electron chi connectivity index (χ4n) is 3.00. The van der Waals surface area contributed by atoms with Crippen LogP contribution in [-0.4, -0.2) is 49.3 Å². The summed E-state index contributed by atoms with van der Waals surface area (Å²) in [6.45, 7) is 7.31. The average Bonchev–Trinajstić information content (AvgIpc) is 2.52. The van der Waals surface area contributed by atoms with Crippen molar-refractivity contribution in [2.45, 2.75) is 39.0 Å². The number of carbonyl (C=O) groups is 1. The maximum Gasteiger partial charge on any atom is 0.282 e. The summed E-state index contributed by atoms with van der Waals surface area (Å²) < 4.78 is 10.9. The van der Waals surface area contributed by atoms with Crippen LogP contribution in [0.4, 0.5) is 11.4 Å². The number of benzene rings is 1. The fourth-order valence-corrected chi connectivity index (χ4v) is 3.00. The van der Waals surface area contributed by atoms with Crippen LogP contribution in [0.2, 0.25) is 0 Å². The first-order valence-corrected chi connectivity index (χ1v) is 7.95. The highest BCUT2D eigenvalue weighted by molar-refractivity contribution is 5.95. The van der Waals surface area contributed by atoms with Gasteiger partial charge >= 0.3 is 0 Å². The van der Waals surface area contributed by atoms with Crippen molar-refractivity contribution in [1.29, 1.82) is 0 Å². The molecule has 0 unspecified atom stereocenters. The summed E-state index contributed by atoms with van der Waals surface area (Å²) in [5.41, 5.74) is 0.206. The van der Waals surface area contributed by atoms with E-state index in [4.69, 9.17) is 9.47 Å². The first-order valence-electron chi connectivity index (χ1n) is 7.95. The molecule has 1 amide bonds. The van der Waals surface area contributed by atoms with Crippen LogP contribution in [0.15, 0.2) is 18.2 Å². The van der Waals surface area contributed by atoms with Gasteiger partial charge in [0.15, 0.2) is 6.04 Å². The third kappa shape index (κ3) is 4.21. The Kier molecular flexibility index (Phi) is 5.74. The molecular formula is C16H24N3O5+. The Bertz CT molecular complexity index is 612. The smallest absolute Gasteiger partial charge is 0.282 e. The van der Waals surface area contributed by atoms with Crippen molar-refractivity contribution in [2.75, 3.05) is 25.5 Å². The predicted molar refractivity (Wildman–Crippen MR) is 88.4 cm³/mol. The Morgan fingerprint density at radius 3 is 2.58 bits per heavy atom.